The normalized spacial score (nSPS) is 30.8. The highest BCUT2D eigenvalue weighted by molar-refractivity contribution is 7.80. The molecule has 1 saturated heterocycles. The van der Waals surface area contributed by atoms with Crippen molar-refractivity contribution >= 4 is 10.4 Å². The molecular weight excluding hydrogens is 188 g/mol. The van der Waals surface area contributed by atoms with Gasteiger partial charge in [0.25, 0.3) is 0 Å². The van der Waals surface area contributed by atoms with Crippen LogP contribution in [0.4, 0.5) is 0 Å². The highest BCUT2D eigenvalue weighted by Gasteiger charge is 2.31. The van der Waals surface area contributed by atoms with Crippen LogP contribution in [-0.4, -0.2) is 43.5 Å². The Kier molecular flexibility index (Phi) is 3.02. The second-order valence-electron chi connectivity index (χ2n) is 2.44. The van der Waals surface area contributed by atoms with Crippen LogP contribution in [0.25, 0.3) is 0 Å². The lowest BCUT2D eigenvalue weighted by Crippen LogP contribution is -2.29. The molecule has 0 bridgehead atoms. The van der Waals surface area contributed by atoms with E-state index in [4.69, 9.17) is 14.4 Å². The van der Waals surface area contributed by atoms with E-state index >= 15 is 0 Å². The highest BCUT2D eigenvalue weighted by atomic mass is 32.3. The van der Waals surface area contributed by atoms with Gasteiger partial charge in [0, 0.05) is 13.0 Å². The zero-order chi connectivity index (χ0) is 9.19. The van der Waals surface area contributed by atoms with Gasteiger partial charge in [0.2, 0.25) is 0 Å². The summed E-state index contributed by atoms with van der Waals surface area (Å²) in [5.41, 5.74) is 0. The summed E-state index contributed by atoms with van der Waals surface area (Å²) in [6.45, 7) is 0.00556. The van der Waals surface area contributed by atoms with Gasteiger partial charge in [-0.3, -0.25) is 4.55 Å². The summed E-state index contributed by atoms with van der Waals surface area (Å²) in [6, 6.07) is 0. The number of hydrogen-bond acceptors (Lipinski definition) is 5. The van der Waals surface area contributed by atoms with Gasteiger partial charge in [-0.05, 0) is 0 Å². The molecule has 1 fully saturated rings. The van der Waals surface area contributed by atoms with Crippen LogP contribution in [0.15, 0.2) is 0 Å². The number of hydrogen-bond donors (Lipinski definition) is 2. The third-order valence-corrected chi connectivity index (χ3v) is 2.06. The fourth-order valence-electron chi connectivity index (χ4n) is 1.07. The van der Waals surface area contributed by atoms with Gasteiger partial charge in [0.15, 0.2) is 0 Å². The van der Waals surface area contributed by atoms with Crippen molar-refractivity contribution in [3.05, 3.63) is 0 Å². The predicted molar refractivity (Wildman–Crippen MR) is 37.9 cm³/mol. The van der Waals surface area contributed by atoms with Gasteiger partial charge < -0.3 is 9.84 Å². The average Bonchev–Trinajstić information content (AvgIpc) is 2.31. The second-order valence-corrected chi connectivity index (χ2v) is 3.49. The molecule has 1 heterocycles. The summed E-state index contributed by atoms with van der Waals surface area (Å²) in [4.78, 5) is 0. The maximum absolute atomic E-state index is 10.2. The Morgan fingerprint density at radius 2 is 2.25 bits per heavy atom. The minimum atomic E-state index is -4.44. The van der Waals surface area contributed by atoms with Crippen LogP contribution in [0.5, 0.6) is 0 Å². The van der Waals surface area contributed by atoms with Crippen molar-refractivity contribution < 1.29 is 27.0 Å². The molecule has 2 atom stereocenters. The molecule has 0 aliphatic carbocycles. The molecule has 7 heteroatoms. The molecule has 2 unspecified atom stereocenters. The molecule has 1 aliphatic rings. The number of ether oxygens (including phenoxy) is 1. The van der Waals surface area contributed by atoms with Crippen molar-refractivity contribution in [2.24, 2.45) is 0 Å². The van der Waals surface area contributed by atoms with Gasteiger partial charge in [-0.1, -0.05) is 0 Å². The molecule has 12 heavy (non-hydrogen) atoms. The van der Waals surface area contributed by atoms with Crippen LogP contribution in [0.3, 0.4) is 0 Å². The summed E-state index contributed by atoms with van der Waals surface area (Å²) < 4.78 is 37.9. The molecule has 0 saturated carbocycles. The molecule has 2 N–H and O–H groups in total. The van der Waals surface area contributed by atoms with E-state index in [1.54, 1.807) is 0 Å². The van der Waals surface area contributed by atoms with Crippen molar-refractivity contribution in [1.29, 1.82) is 0 Å². The quantitative estimate of drug-likeness (QED) is 0.562. The SMILES string of the molecule is O=S(=O)(O)OC1CCOC1CO. The fourth-order valence-corrected chi connectivity index (χ4v) is 1.60. The van der Waals surface area contributed by atoms with E-state index in [1.165, 1.54) is 0 Å². The van der Waals surface area contributed by atoms with E-state index < -0.39 is 22.6 Å². The lowest BCUT2D eigenvalue weighted by molar-refractivity contribution is 0.0115. The van der Waals surface area contributed by atoms with Crippen molar-refractivity contribution in [3.8, 4) is 0 Å². The smallest absolute Gasteiger partial charge is 0.394 e. The van der Waals surface area contributed by atoms with Crippen LogP contribution in [0.2, 0.25) is 0 Å². The predicted octanol–water partition coefficient (Wildman–Crippen LogP) is -1.04. The third kappa shape index (κ3) is 2.68. The third-order valence-electron chi connectivity index (χ3n) is 1.57. The Morgan fingerprint density at radius 3 is 2.75 bits per heavy atom. The zero-order valence-corrected chi connectivity index (χ0v) is 7.03. The Morgan fingerprint density at radius 1 is 1.58 bits per heavy atom. The van der Waals surface area contributed by atoms with Gasteiger partial charge in [-0.2, -0.15) is 8.42 Å². The maximum Gasteiger partial charge on any atom is 0.397 e. The monoisotopic (exact) mass is 198 g/mol. The lowest BCUT2D eigenvalue weighted by Gasteiger charge is -2.13. The van der Waals surface area contributed by atoms with Gasteiger partial charge in [0.1, 0.15) is 12.2 Å². The summed E-state index contributed by atoms with van der Waals surface area (Å²) in [7, 11) is -4.44. The van der Waals surface area contributed by atoms with Crippen LogP contribution < -0.4 is 0 Å². The first-order valence-electron chi connectivity index (χ1n) is 3.41. The Bertz CT molecular complexity index is 234. The first kappa shape index (κ1) is 9.87. The molecule has 1 aliphatic heterocycles. The van der Waals surface area contributed by atoms with Crippen molar-refractivity contribution in [3.63, 3.8) is 0 Å². The minimum absolute atomic E-state index is 0.319. The summed E-state index contributed by atoms with van der Waals surface area (Å²) in [5, 5.41) is 8.65. The first-order valence-corrected chi connectivity index (χ1v) is 4.77. The Hall–Kier alpha value is -0.210. The lowest BCUT2D eigenvalue weighted by atomic mass is 10.2. The first-order chi connectivity index (χ1) is 5.53. The number of rotatable bonds is 3. The van der Waals surface area contributed by atoms with Gasteiger partial charge >= 0.3 is 10.4 Å². The van der Waals surface area contributed by atoms with E-state index in [0.29, 0.717) is 13.0 Å². The van der Waals surface area contributed by atoms with Gasteiger partial charge in [0.05, 0.1) is 6.61 Å². The number of aliphatic hydroxyl groups is 1. The van der Waals surface area contributed by atoms with Crippen LogP contribution >= 0.6 is 0 Å². The fraction of sp³-hybridized carbons (Fsp3) is 1.00. The van der Waals surface area contributed by atoms with E-state index in [0.717, 1.165) is 0 Å². The molecule has 0 amide bonds. The molecule has 72 valence electrons. The second kappa shape index (κ2) is 3.67. The van der Waals surface area contributed by atoms with Crippen LogP contribution in [0.1, 0.15) is 6.42 Å². The molecule has 6 nitrogen and oxygen atoms in total. The highest BCUT2D eigenvalue weighted by Crippen LogP contribution is 2.17. The topological polar surface area (TPSA) is 93.1 Å². The largest absolute Gasteiger partial charge is 0.397 e. The average molecular weight is 198 g/mol. The summed E-state index contributed by atoms with van der Waals surface area (Å²) in [6.07, 6.45) is -1.08. The van der Waals surface area contributed by atoms with E-state index in [-0.39, 0.29) is 6.61 Å². The standard InChI is InChI=1S/C5H10O6S/c6-3-5-4(1-2-10-5)11-12(7,8)9/h4-6H,1-3H2,(H,7,8,9). The maximum atomic E-state index is 10.2. The summed E-state index contributed by atoms with van der Waals surface area (Å²) >= 11 is 0. The summed E-state index contributed by atoms with van der Waals surface area (Å²) in [5.74, 6) is 0. The van der Waals surface area contributed by atoms with Crippen molar-refractivity contribution in [1.82, 2.24) is 0 Å². The molecule has 1 rings (SSSR count). The van der Waals surface area contributed by atoms with Crippen LogP contribution in [-0.2, 0) is 19.3 Å². The number of aliphatic hydroxyl groups excluding tert-OH is 1. The van der Waals surface area contributed by atoms with Crippen molar-refractivity contribution in [2.45, 2.75) is 18.6 Å². The van der Waals surface area contributed by atoms with E-state index in [9.17, 15) is 8.42 Å². The van der Waals surface area contributed by atoms with Gasteiger partial charge in [-0.15, -0.1) is 0 Å². The van der Waals surface area contributed by atoms with E-state index in [1.807, 2.05) is 0 Å². The molecule has 0 aromatic rings. The van der Waals surface area contributed by atoms with Crippen molar-refractivity contribution in [2.75, 3.05) is 13.2 Å². The van der Waals surface area contributed by atoms with E-state index in [2.05, 4.69) is 4.18 Å². The van der Waals surface area contributed by atoms with Gasteiger partial charge in [-0.25, -0.2) is 4.18 Å². The van der Waals surface area contributed by atoms with Crippen LogP contribution in [0, 0.1) is 0 Å². The molecule has 0 radical (unpaired) electrons. The Balaban J connectivity index is 2.52. The molecule has 0 aromatic heterocycles. The Labute approximate surface area is 70.1 Å². The molecule has 0 spiro atoms. The molecule has 0 aromatic carbocycles. The minimum Gasteiger partial charge on any atom is -0.394 e. The zero-order valence-electron chi connectivity index (χ0n) is 6.21. The molecular formula is C5H10O6S.